The molecular formula is C11H21NO2. The molecule has 1 saturated heterocycles. The Morgan fingerprint density at radius 1 is 1.36 bits per heavy atom. The summed E-state index contributed by atoms with van der Waals surface area (Å²) < 4.78 is 5.25. The van der Waals surface area contributed by atoms with E-state index >= 15 is 0 Å². The number of aliphatic hydroxyl groups is 1. The molecule has 1 aliphatic heterocycles. The Morgan fingerprint density at radius 2 is 2.00 bits per heavy atom. The Labute approximate surface area is 86.4 Å². The molecule has 82 valence electrons. The molecule has 0 aromatic carbocycles. The molecule has 0 saturated carbocycles. The molecule has 1 aliphatic rings. The summed E-state index contributed by atoms with van der Waals surface area (Å²) in [5.74, 6) is 0.302. The number of morpholine rings is 1. The van der Waals surface area contributed by atoms with Crippen LogP contribution in [0.2, 0.25) is 0 Å². The van der Waals surface area contributed by atoms with Gasteiger partial charge in [-0.05, 0) is 5.92 Å². The van der Waals surface area contributed by atoms with E-state index in [1.165, 1.54) is 0 Å². The molecule has 0 aromatic rings. The van der Waals surface area contributed by atoms with Crippen molar-refractivity contribution in [3.63, 3.8) is 0 Å². The predicted molar refractivity (Wildman–Crippen MR) is 57.2 cm³/mol. The maximum absolute atomic E-state index is 9.53. The summed E-state index contributed by atoms with van der Waals surface area (Å²) in [5.41, 5.74) is 0. The fraction of sp³-hybridized carbons (Fsp3) is 0.818. The molecule has 0 aromatic heterocycles. The molecule has 1 heterocycles. The van der Waals surface area contributed by atoms with Crippen molar-refractivity contribution in [3.8, 4) is 0 Å². The number of hydrogen-bond donors (Lipinski definition) is 1. The van der Waals surface area contributed by atoms with Gasteiger partial charge in [-0.15, -0.1) is 0 Å². The van der Waals surface area contributed by atoms with Crippen LogP contribution in [-0.4, -0.2) is 49.0 Å². The van der Waals surface area contributed by atoms with E-state index in [1.54, 1.807) is 0 Å². The second-order valence-electron chi connectivity index (χ2n) is 4.08. The molecule has 0 spiro atoms. The van der Waals surface area contributed by atoms with E-state index in [2.05, 4.69) is 11.0 Å². The molecule has 1 N–H and O–H groups in total. The third-order valence-corrected chi connectivity index (χ3v) is 2.48. The van der Waals surface area contributed by atoms with Gasteiger partial charge in [-0.2, -0.15) is 0 Å². The van der Waals surface area contributed by atoms with E-state index in [0.29, 0.717) is 5.92 Å². The summed E-state index contributed by atoms with van der Waals surface area (Å²) in [6.07, 6.45) is 3.63. The smallest absolute Gasteiger partial charge is 0.0744 e. The summed E-state index contributed by atoms with van der Waals surface area (Å²) >= 11 is 0. The van der Waals surface area contributed by atoms with Gasteiger partial charge in [0.1, 0.15) is 0 Å². The molecule has 1 atom stereocenters. The normalized spacial score (nSPS) is 22.0. The summed E-state index contributed by atoms with van der Waals surface area (Å²) in [6.45, 7) is 8.63. The molecule has 0 bridgehead atoms. The van der Waals surface area contributed by atoms with Crippen molar-refractivity contribution in [1.29, 1.82) is 0 Å². The number of ether oxygens (including phenoxy) is 1. The Kier molecular flexibility index (Phi) is 5.15. The minimum absolute atomic E-state index is 0.302. The first kappa shape index (κ1) is 11.7. The summed E-state index contributed by atoms with van der Waals surface area (Å²) in [4.78, 5) is 2.33. The maximum atomic E-state index is 9.53. The number of hydrogen-bond acceptors (Lipinski definition) is 3. The zero-order valence-electron chi connectivity index (χ0n) is 9.15. The second-order valence-corrected chi connectivity index (χ2v) is 4.08. The zero-order valence-corrected chi connectivity index (χ0v) is 9.15. The fourth-order valence-electron chi connectivity index (χ4n) is 1.36. The summed E-state index contributed by atoms with van der Waals surface area (Å²) in [5, 5.41) is 9.53. The Bertz CT molecular complexity index is 174. The second kappa shape index (κ2) is 6.17. The van der Waals surface area contributed by atoms with Crippen molar-refractivity contribution in [1.82, 2.24) is 4.90 Å². The van der Waals surface area contributed by atoms with Gasteiger partial charge in [0, 0.05) is 19.6 Å². The van der Waals surface area contributed by atoms with E-state index in [9.17, 15) is 5.11 Å². The van der Waals surface area contributed by atoms with Crippen LogP contribution in [-0.2, 0) is 4.74 Å². The minimum atomic E-state index is -0.309. The Morgan fingerprint density at radius 3 is 2.57 bits per heavy atom. The van der Waals surface area contributed by atoms with Crippen LogP contribution in [0.25, 0.3) is 0 Å². The average Bonchev–Trinajstić information content (AvgIpc) is 2.19. The lowest BCUT2D eigenvalue weighted by Crippen LogP contribution is -2.36. The van der Waals surface area contributed by atoms with Gasteiger partial charge >= 0.3 is 0 Å². The molecule has 3 heteroatoms. The highest BCUT2D eigenvalue weighted by atomic mass is 16.5. The quantitative estimate of drug-likeness (QED) is 0.683. The molecule has 1 unspecified atom stereocenters. The van der Waals surface area contributed by atoms with E-state index in [-0.39, 0.29) is 6.10 Å². The lowest BCUT2D eigenvalue weighted by molar-refractivity contribution is 0.0432. The lowest BCUT2D eigenvalue weighted by Gasteiger charge is -2.25. The predicted octanol–water partition coefficient (Wildman–Crippen LogP) is 0.892. The molecule has 3 nitrogen and oxygen atoms in total. The topological polar surface area (TPSA) is 32.7 Å². The van der Waals surface area contributed by atoms with Crippen LogP contribution in [0.3, 0.4) is 0 Å². The van der Waals surface area contributed by atoms with Crippen LogP contribution in [0.15, 0.2) is 12.2 Å². The van der Waals surface area contributed by atoms with Crippen molar-refractivity contribution in [2.24, 2.45) is 5.92 Å². The van der Waals surface area contributed by atoms with Crippen LogP contribution in [0, 0.1) is 5.92 Å². The van der Waals surface area contributed by atoms with Gasteiger partial charge in [0.2, 0.25) is 0 Å². The van der Waals surface area contributed by atoms with Gasteiger partial charge in [-0.3, -0.25) is 4.90 Å². The lowest BCUT2D eigenvalue weighted by atomic mass is 10.1. The monoisotopic (exact) mass is 199 g/mol. The third kappa shape index (κ3) is 4.22. The maximum Gasteiger partial charge on any atom is 0.0744 e. The number of nitrogens with zero attached hydrogens (tertiary/aromatic N) is 1. The molecule has 0 amide bonds. The molecule has 0 radical (unpaired) electrons. The standard InChI is InChI=1S/C11H21NO2/c1-10(2)11(13)4-3-5-12-6-8-14-9-7-12/h3-4,10-11,13H,5-9H2,1-2H3/b4-3-. The largest absolute Gasteiger partial charge is 0.389 e. The Hall–Kier alpha value is -0.380. The van der Waals surface area contributed by atoms with Crippen molar-refractivity contribution in [2.45, 2.75) is 20.0 Å². The molecule has 0 aliphatic carbocycles. The average molecular weight is 199 g/mol. The van der Waals surface area contributed by atoms with Crippen LogP contribution < -0.4 is 0 Å². The highest BCUT2D eigenvalue weighted by molar-refractivity contribution is 4.92. The van der Waals surface area contributed by atoms with Crippen molar-refractivity contribution < 1.29 is 9.84 Å². The molecular weight excluding hydrogens is 178 g/mol. The van der Waals surface area contributed by atoms with E-state index in [4.69, 9.17) is 4.74 Å². The first-order valence-electron chi connectivity index (χ1n) is 5.35. The molecule has 1 rings (SSSR count). The van der Waals surface area contributed by atoms with Crippen molar-refractivity contribution in [2.75, 3.05) is 32.8 Å². The summed E-state index contributed by atoms with van der Waals surface area (Å²) in [7, 11) is 0. The van der Waals surface area contributed by atoms with Crippen LogP contribution in [0.4, 0.5) is 0 Å². The van der Waals surface area contributed by atoms with Crippen LogP contribution in [0.1, 0.15) is 13.8 Å². The fourth-order valence-corrected chi connectivity index (χ4v) is 1.36. The van der Waals surface area contributed by atoms with Gasteiger partial charge in [-0.1, -0.05) is 26.0 Å². The first-order chi connectivity index (χ1) is 6.70. The highest BCUT2D eigenvalue weighted by Gasteiger charge is 2.08. The van der Waals surface area contributed by atoms with Crippen LogP contribution >= 0.6 is 0 Å². The van der Waals surface area contributed by atoms with Gasteiger partial charge in [-0.25, -0.2) is 0 Å². The third-order valence-electron chi connectivity index (χ3n) is 2.48. The van der Waals surface area contributed by atoms with Gasteiger partial charge < -0.3 is 9.84 Å². The van der Waals surface area contributed by atoms with Crippen LogP contribution in [0.5, 0.6) is 0 Å². The highest BCUT2D eigenvalue weighted by Crippen LogP contribution is 2.03. The summed E-state index contributed by atoms with van der Waals surface area (Å²) in [6, 6.07) is 0. The van der Waals surface area contributed by atoms with E-state index in [0.717, 1.165) is 32.8 Å². The number of aliphatic hydroxyl groups excluding tert-OH is 1. The van der Waals surface area contributed by atoms with Gasteiger partial charge in [0.05, 0.1) is 19.3 Å². The Balaban J connectivity index is 2.18. The van der Waals surface area contributed by atoms with E-state index in [1.807, 2.05) is 19.9 Å². The SMILES string of the molecule is CC(C)C(O)/C=C\CN1CCOCC1. The van der Waals surface area contributed by atoms with Crippen molar-refractivity contribution in [3.05, 3.63) is 12.2 Å². The number of rotatable bonds is 4. The van der Waals surface area contributed by atoms with Gasteiger partial charge in [0.15, 0.2) is 0 Å². The van der Waals surface area contributed by atoms with Crippen molar-refractivity contribution >= 4 is 0 Å². The van der Waals surface area contributed by atoms with Gasteiger partial charge in [0.25, 0.3) is 0 Å². The molecule has 14 heavy (non-hydrogen) atoms. The minimum Gasteiger partial charge on any atom is -0.389 e. The first-order valence-corrected chi connectivity index (χ1v) is 5.35. The van der Waals surface area contributed by atoms with E-state index < -0.39 is 0 Å². The zero-order chi connectivity index (χ0) is 10.4. The molecule has 1 fully saturated rings.